The van der Waals surface area contributed by atoms with Crippen LogP contribution in [0.15, 0.2) is 54.6 Å². The number of hydrogen-bond acceptors (Lipinski definition) is 4. The number of nitrogens with one attached hydrogen (secondary N) is 2. The number of anilines is 1. The molecule has 0 heterocycles. The number of benzene rings is 2. The maximum atomic E-state index is 12.0. The van der Waals surface area contributed by atoms with Gasteiger partial charge in [-0.05, 0) is 38.4 Å². The van der Waals surface area contributed by atoms with E-state index in [-0.39, 0.29) is 12.5 Å². The highest BCUT2D eigenvalue weighted by molar-refractivity contribution is 5.93. The SMILES string of the molecule is CN(C)CCNCC(=O)Nc1ccccc1Oc1ccccc1. The maximum absolute atomic E-state index is 12.0. The Kier molecular flexibility index (Phi) is 6.59. The molecule has 0 saturated carbocycles. The maximum Gasteiger partial charge on any atom is 0.238 e. The number of carbonyl (C=O) groups is 1. The first-order valence-corrected chi connectivity index (χ1v) is 7.62. The molecule has 0 fully saturated rings. The monoisotopic (exact) mass is 313 g/mol. The molecule has 2 aromatic carbocycles. The summed E-state index contributed by atoms with van der Waals surface area (Å²) >= 11 is 0. The lowest BCUT2D eigenvalue weighted by Gasteiger charge is -2.13. The van der Waals surface area contributed by atoms with Crippen LogP contribution in [0.2, 0.25) is 0 Å². The van der Waals surface area contributed by atoms with E-state index in [0.29, 0.717) is 11.4 Å². The lowest BCUT2D eigenvalue weighted by molar-refractivity contribution is -0.115. The third kappa shape index (κ3) is 6.10. The Hall–Kier alpha value is -2.37. The van der Waals surface area contributed by atoms with E-state index >= 15 is 0 Å². The summed E-state index contributed by atoms with van der Waals surface area (Å²) < 4.78 is 5.83. The summed E-state index contributed by atoms with van der Waals surface area (Å²) in [6.45, 7) is 1.93. The van der Waals surface area contributed by atoms with Crippen LogP contribution in [0.5, 0.6) is 11.5 Å². The van der Waals surface area contributed by atoms with Crippen molar-refractivity contribution >= 4 is 11.6 Å². The van der Waals surface area contributed by atoms with Crippen LogP contribution in [0.1, 0.15) is 0 Å². The van der Waals surface area contributed by atoms with Gasteiger partial charge in [-0.3, -0.25) is 4.79 Å². The first-order valence-electron chi connectivity index (χ1n) is 7.62. The highest BCUT2D eigenvalue weighted by Gasteiger charge is 2.08. The van der Waals surface area contributed by atoms with E-state index < -0.39 is 0 Å². The molecule has 2 rings (SSSR count). The van der Waals surface area contributed by atoms with Crippen LogP contribution in [-0.2, 0) is 4.79 Å². The highest BCUT2D eigenvalue weighted by Crippen LogP contribution is 2.28. The smallest absolute Gasteiger partial charge is 0.238 e. The summed E-state index contributed by atoms with van der Waals surface area (Å²) in [5, 5.41) is 5.99. The molecule has 0 aliphatic rings. The van der Waals surface area contributed by atoms with Gasteiger partial charge in [-0.2, -0.15) is 0 Å². The van der Waals surface area contributed by atoms with Gasteiger partial charge in [-0.25, -0.2) is 0 Å². The van der Waals surface area contributed by atoms with Gasteiger partial charge in [0.2, 0.25) is 5.91 Å². The molecular formula is C18H23N3O2. The molecule has 0 aliphatic heterocycles. The number of amides is 1. The van der Waals surface area contributed by atoms with Crippen LogP contribution in [0.4, 0.5) is 5.69 Å². The normalized spacial score (nSPS) is 10.6. The average molecular weight is 313 g/mol. The van der Waals surface area contributed by atoms with Crippen molar-refractivity contribution in [2.24, 2.45) is 0 Å². The van der Waals surface area contributed by atoms with E-state index in [4.69, 9.17) is 4.74 Å². The number of carbonyl (C=O) groups excluding carboxylic acids is 1. The van der Waals surface area contributed by atoms with E-state index in [2.05, 4.69) is 15.5 Å². The number of para-hydroxylation sites is 3. The van der Waals surface area contributed by atoms with E-state index in [9.17, 15) is 4.79 Å². The summed E-state index contributed by atoms with van der Waals surface area (Å²) in [6, 6.07) is 16.9. The first-order chi connectivity index (χ1) is 11.1. The first kappa shape index (κ1) is 17.0. The zero-order valence-corrected chi connectivity index (χ0v) is 13.6. The largest absolute Gasteiger partial charge is 0.455 e. The highest BCUT2D eigenvalue weighted by atomic mass is 16.5. The molecule has 0 aliphatic carbocycles. The minimum absolute atomic E-state index is 0.0899. The Morgan fingerprint density at radius 1 is 1.04 bits per heavy atom. The molecule has 23 heavy (non-hydrogen) atoms. The van der Waals surface area contributed by atoms with E-state index in [1.807, 2.05) is 68.7 Å². The number of hydrogen-bond donors (Lipinski definition) is 2. The average Bonchev–Trinajstić information content (AvgIpc) is 2.54. The van der Waals surface area contributed by atoms with Crippen LogP contribution in [-0.4, -0.2) is 44.5 Å². The van der Waals surface area contributed by atoms with E-state index in [0.717, 1.165) is 18.8 Å². The van der Waals surface area contributed by atoms with Gasteiger partial charge in [0.05, 0.1) is 12.2 Å². The van der Waals surface area contributed by atoms with Crippen molar-refractivity contribution in [2.75, 3.05) is 39.0 Å². The Morgan fingerprint density at radius 3 is 2.48 bits per heavy atom. The molecule has 5 heteroatoms. The van der Waals surface area contributed by atoms with E-state index in [1.54, 1.807) is 0 Å². The standard InChI is InChI=1S/C18H23N3O2/c1-21(2)13-12-19-14-18(22)20-16-10-6-7-11-17(16)23-15-8-4-3-5-9-15/h3-11,19H,12-14H2,1-2H3,(H,20,22). The zero-order valence-electron chi connectivity index (χ0n) is 13.6. The second-order valence-corrected chi connectivity index (χ2v) is 5.44. The van der Waals surface area contributed by atoms with Crippen molar-refractivity contribution in [2.45, 2.75) is 0 Å². The number of likely N-dealkylation sites (N-methyl/N-ethyl adjacent to an activating group) is 1. The Morgan fingerprint density at radius 2 is 1.74 bits per heavy atom. The van der Waals surface area contributed by atoms with Crippen LogP contribution in [0.3, 0.4) is 0 Å². The fraction of sp³-hybridized carbons (Fsp3) is 0.278. The molecule has 0 radical (unpaired) electrons. The molecule has 0 spiro atoms. The van der Waals surface area contributed by atoms with Gasteiger partial charge in [0.25, 0.3) is 0 Å². The van der Waals surface area contributed by atoms with Crippen LogP contribution >= 0.6 is 0 Å². The van der Waals surface area contributed by atoms with Crippen molar-refractivity contribution in [1.82, 2.24) is 10.2 Å². The minimum Gasteiger partial charge on any atom is -0.455 e. The number of ether oxygens (including phenoxy) is 1. The van der Waals surface area contributed by atoms with Gasteiger partial charge in [0, 0.05) is 13.1 Å². The van der Waals surface area contributed by atoms with Crippen LogP contribution in [0.25, 0.3) is 0 Å². The summed E-state index contributed by atoms with van der Waals surface area (Å²) in [5.41, 5.74) is 0.663. The van der Waals surface area contributed by atoms with Gasteiger partial charge in [-0.15, -0.1) is 0 Å². The second-order valence-electron chi connectivity index (χ2n) is 5.44. The van der Waals surface area contributed by atoms with Crippen LogP contribution in [0, 0.1) is 0 Å². The molecule has 0 bridgehead atoms. The van der Waals surface area contributed by atoms with E-state index in [1.165, 1.54) is 0 Å². The van der Waals surface area contributed by atoms with Crippen molar-refractivity contribution in [3.05, 3.63) is 54.6 Å². The fourth-order valence-corrected chi connectivity index (χ4v) is 1.97. The molecule has 2 N–H and O–H groups in total. The molecule has 0 saturated heterocycles. The summed E-state index contributed by atoms with van der Waals surface area (Å²) in [5.74, 6) is 1.27. The Bertz CT molecular complexity index is 615. The predicted molar refractivity (Wildman–Crippen MR) is 93.0 cm³/mol. The molecule has 0 atom stereocenters. The molecule has 2 aromatic rings. The fourth-order valence-electron chi connectivity index (χ4n) is 1.97. The predicted octanol–water partition coefficient (Wildman–Crippen LogP) is 2.57. The lowest BCUT2D eigenvalue weighted by Crippen LogP contribution is -2.33. The zero-order chi connectivity index (χ0) is 16.5. The summed E-state index contributed by atoms with van der Waals surface area (Å²) in [4.78, 5) is 14.1. The molecular weight excluding hydrogens is 290 g/mol. The topological polar surface area (TPSA) is 53.6 Å². The molecule has 5 nitrogen and oxygen atoms in total. The van der Waals surface area contributed by atoms with Gasteiger partial charge in [0.15, 0.2) is 5.75 Å². The summed E-state index contributed by atoms with van der Waals surface area (Å²) in [6.07, 6.45) is 0. The molecule has 122 valence electrons. The van der Waals surface area contributed by atoms with Crippen LogP contribution < -0.4 is 15.4 Å². The lowest BCUT2D eigenvalue weighted by atomic mass is 10.3. The Labute approximate surface area is 137 Å². The van der Waals surface area contributed by atoms with Crippen molar-refractivity contribution in [3.8, 4) is 11.5 Å². The van der Waals surface area contributed by atoms with Gasteiger partial charge < -0.3 is 20.3 Å². The van der Waals surface area contributed by atoms with Gasteiger partial charge >= 0.3 is 0 Å². The van der Waals surface area contributed by atoms with Crippen molar-refractivity contribution < 1.29 is 9.53 Å². The molecule has 0 aromatic heterocycles. The quantitative estimate of drug-likeness (QED) is 0.736. The third-order valence-corrected chi connectivity index (χ3v) is 3.15. The van der Waals surface area contributed by atoms with Gasteiger partial charge in [0.1, 0.15) is 5.75 Å². The number of nitrogens with zero attached hydrogens (tertiary/aromatic N) is 1. The molecule has 0 unspecified atom stereocenters. The van der Waals surface area contributed by atoms with Gasteiger partial charge in [-0.1, -0.05) is 30.3 Å². The summed E-state index contributed by atoms with van der Waals surface area (Å²) in [7, 11) is 4.00. The Balaban J connectivity index is 1.91. The third-order valence-electron chi connectivity index (χ3n) is 3.15. The number of rotatable bonds is 8. The second kappa shape index (κ2) is 8.92. The van der Waals surface area contributed by atoms with Crippen molar-refractivity contribution in [1.29, 1.82) is 0 Å². The molecule has 1 amide bonds. The van der Waals surface area contributed by atoms with Crippen molar-refractivity contribution in [3.63, 3.8) is 0 Å². The minimum atomic E-state index is -0.0899.